The van der Waals surface area contributed by atoms with E-state index < -0.39 is 6.10 Å². The number of aliphatic hydroxyl groups is 2. The van der Waals surface area contributed by atoms with Crippen LogP contribution in [0.15, 0.2) is 0 Å². The third-order valence-corrected chi connectivity index (χ3v) is 2.61. The van der Waals surface area contributed by atoms with Crippen molar-refractivity contribution in [1.29, 1.82) is 0 Å². The molecule has 0 aliphatic carbocycles. The number of β-amino-alcohol motifs (C(OH)–C–C–N with tert-alkyl or cyclic N) is 1. The number of carbonyl (C=O) groups excluding carboxylic acids is 1. The van der Waals surface area contributed by atoms with E-state index in [0.717, 1.165) is 13.1 Å². The van der Waals surface area contributed by atoms with Crippen molar-refractivity contribution >= 4 is 5.91 Å². The van der Waals surface area contributed by atoms with Gasteiger partial charge in [0.25, 0.3) is 0 Å². The molecular formula is C10H20N2O3. The maximum Gasteiger partial charge on any atom is 0.225 e. The Bertz CT molecular complexity index is 201. The molecule has 0 aromatic heterocycles. The number of carbonyl (C=O) groups is 1. The van der Waals surface area contributed by atoms with Crippen LogP contribution in [0.2, 0.25) is 0 Å². The summed E-state index contributed by atoms with van der Waals surface area (Å²) in [6.07, 6.45) is -0.354. The predicted molar refractivity (Wildman–Crippen MR) is 56.4 cm³/mol. The molecule has 0 aromatic rings. The molecule has 1 amide bonds. The molecule has 1 aliphatic heterocycles. The van der Waals surface area contributed by atoms with E-state index in [0.29, 0.717) is 19.6 Å². The van der Waals surface area contributed by atoms with Crippen LogP contribution in [0.3, 0.4) is 0 Å². The van der Waals surface area contributed by atoms with Gasteiger partial charge in [0, 0.05) is 32.7 Å². The third-order valence-electron chi connectivity index (χ3n) is 2.61. The molecule has 5 nitrogen and oxygen atoms in total. The van der Waals surface area contributed by atoms with E-state index in [1.807, 2.05) is 0 Å². The first kappa shape index (κ1) is 12.4. The summed E-state index contributed by atoms with van der Waals surface area (Å²) in [5, 5.41) is 17.9. The molecule has 1 fully saturated rings. The molecule has 88 valence electrons. The van der Waals surface area contributed by atoms with Gasteiger partial charge >= 0.3 is 0 Å². The number of rotatable bonds is 4. The number of hydrogen-bond acceptors (Lipinski definition) is 4. The molecule has 1 saturated heterocycles. The Morgan fingerprint density at radius 2 is 1.93 bits per heavy atom. The molecule has 1 aliphatic rings. The molecule has 5 heteroatoms. The van der Waals surface area contributed by atoms with Gasteiger partial charge in [0.2, 0.25) is 5.91 Å². The number of amides is 1. The van der Waals surface area contributed by atoms with Crippen LogP contribution in [0.5, 0.6) is 0 Å². The van der Waals surface area contributed by atoms with E-state index in [-0.39, 0.29) is 18.9 Å². The highest BCUT2D eigenvalue weighted by Crippen LogP contribution is 2.04. The summed E-state index contributed by atoms with van der Waals surface area (Å²) in [7, 11) is 0. The molecule has 0 spiro atoms. The minimum absolute atomic E-state index is 0.0219. The fourth-order valence-corrected chi connectivity index (χ4v) is 1.74. The van der Waals surface area contributed by atoms with E-state index in [1.54, 1.807) is 11.8 Å². The molecule has 15 heavy (non-hydrogen) atoms. The molecule has 1 rings (SSSR count). The highest BCUT2D eigenvalue weighted by atomic mass is 16.3. The van der Waals surface area contributed by atoms with Crippen LogP contribution >= 0.6 is 0 Å². The van der Waals surface area contributed by atoms with E-state index in [4.69, 9.17) is 10.2 Å². The van der Waals surface area contributed by atoms with Gasteiger partial charge in [-0.3, -0.25) is 9.69 Å². The van der Waals surface area contributed by atoms with Crippen molar-refractivity contribution in [3.63, 3.8) is 0 Å². The normalized spacial score (nSPS) is 20.3. The lowest BCUT2D eigenvalue weighted by molar-refractivity contribution is -0.134. The molecule has 0 radical (unpaired) electrons. The van der Waals surface area contributed by atoms with Crippen LogP contribution in [0.4, 0.5) is 0 Å². The largest absolute Gasteiger partial charge is 0.395 e. The Hall–Kier alpha value is -0.650. The van der Waals surface area contributed by atoms with Gasteiger partial charge in [-0.15, -0.1) is 0 Å². The first-order valence-corrected chi connectivity index (χ1v) is 5.42. The second-order valence-electron chi connectivity index (χ2n) is 4.00. The summed E-state index contributed by atoms with van der Waals surface area (Å²) in [5.41, 5.74) is 0. The van der Waals surface area contributed by atoms with Crippen molar-refractivity contribution in [3.8, 4) is 0 Å². The van der Waals surface area contributed by atoms with Crippen molar-refractivity contribution in [2.45, 2.75) is 19.4 Å². The molecule has 0 bridgehead atoms. The third kappa shape index (κ3) is 4.15. The zero-order chi connectivity index (χ0) is 11.3. The lowest BCUT2D eigenvalue weighted by atomic mass is 10.2. The minimum atomic E-state index is -0.562. The van der Waals surface area contributed by atoms with Crippen LogP contribution in [0.25, 0.3) is 0 Å². The number of nitrogens with zero attached hydrogens (tertiary/aromatic N) is 2. The summed E-state index contributed by atoms with van der Waals surface area (Å²) >= 11 is 0. The van der Waals surface area contributed by atoms with Gasteiger partial charge in [-0.05, 0) is 6.92 Å². The number of piperazine rings is 1. The van der Waals surface area contributed by atoms with E-state index >= 15 is 0 Å². The fourth-order valence-electron chi connectivity index (χ4n) is 1.74. The second-order valence-corrected chi connectivity index (χ2v) is 4.00. The summed E-state index contributed by atoms with van der Waals surface area (Å²) in [5.74, 6) is 0.0219. The summed E-state index contributed by atoms with van der Waals surface area (Å²) in [4.78, 5) is 15.5. The Morgan fingerprint density at radius 1 is 1.33 bits per heavy atom. The van der Waals surface area contributed by atoms with Gasteiger partial charge in [-0.25, -0.2) is 0 Å². The molecule has 1 heterocycles. The highest BCUT2D eigenvalue weighted by Gasteiger charge is 2.21. The molecule has 0 aromatic carbocycles. The van der Waals surface area contributed by atoms with Crippen LogP contribution in [0.1, 0.15) is 13.3 Å². The molecule has 0 saturated carbocycles. The maximum atomic E-state index is 11.6. The van der Waals surface area contributed by atoms with Crippen LogP contribution in [-0.4, -0.2) is 71.4 Å². The fraction of sp³-hybridized carbons (Fsp3) is 0.900. The standard InChI is InChI=1S/C10H20N2O3/c1-9(14)8-10(15)12-4-2-11(3-5-12)6-7-13/h9,13-14H,2-8H2,1H3. The first-order valence-electron chi connectivity index (χ1n) is 5.42. The molecule has 2 N–H and O–H groups in total. The summed E-state index contributed by atoms with van der Waals surface area (Å²) in [6, 6.07) is 0. The van der Waals surface area contributed by atoms with Crippen molar-refractivity contribution in [3.05, 3.63) is 0 Å². The van der Waals surface area contributed by atoms with Crippen molar-refractivity contribution in [1.82, 2.24) is 9.80 Å². The van der Waals surface area contributed by atoms with Gasteiger partial charge in [0.15, 0.2) is 0 Å². The first-order chi connectivity index (χ1) is 7.13. The van der Waals surface area contributed by atoms with Crippen LogP contribution in [0, 0.1) is 0 Å². The quantitative estimate of drug-likeness (QED) is 0.626. The average Bonchev–Trinajstić information content (AvgIpc) is 2.18. The summed E-state index contributed by atoms with van der Waals surface area (Å²) in [6.45, 7) is 5.50. The van der Waals surface area contributed by atoms with Crippen molar-refractivity contribution in [2.75, 3.05) is 39.3 Å². The Kier molecular flexibility index (Phi) is 5.01. The van der Waals surface area contributed by atoms with Gasteiger partial charge in [-0.2, -0.15) is 0 Å². The number of aliphatic hydroxyl groups excluding tert-OH is 2. The molecular weight excluding hydrogens is 196 g/mol. The minimum Gasteiger partial charge on any atom is -0.395 e. The van der Waals surface area contributed by atoms with Gasteiger partial charge in [0.05, 0.1) is 19.1 Å². The Balaban J connectivity index is 2.27. The van der Waals surface area contributed by atoms with E-state index in [2.05, 4.69) is 4.90 Å². The summed E-state index contributed by atoms with van der Waals surface area (Å²) < 4.78 is 0. The Morgan fingerprint density at radius 3 is 2.40 bits per heavy atom. The van der Waals surface area contributed by atoms with Crippen LogP contribution < -0.4 is 0 Å². The Labute approximate surface area is 90.3 Å². The second kappa shape index (κ2) is 6.05. The SMILES string of the molecule is CC(O)CC(=O)N1CCN(CCO)CC1. The highest BCUT2D eigenvalue weighted by molar-refractivity contribution is 5.76. The maximum absolute atomic E-state index is 11.6. The van der Waals surface area contributed by atoms with Crippen molar-refractivity contribution in [2.24, 2.45) is 0 Å². The lowest BCUT2D eigenvalue weighted by Crippen LogP contribution is -2.49. The lowest BCUT2D eigenvalue weighted by Gasteiger charge is -2.34. The molecule has 1 unspecified atom stereocenters. The smallest absolute Gasteiger partial charge is 0.225 e. The zero-order valence-electron chi connectivity index (χ0n) is 9.22. The van der Waals surface area contributed by atoms with E-state index in [1.165, 1.54) is 0 Å². The van der Waals surface area contributed by atoms with Gasteiger partial charge in [0.1, 0.15) is 0 Å². The van der Waals surface area contributed by atoms with Crippen molar-refractivity contribution < 1.29 is 15.0 Å². The molecule has 1 atom stereocenters. The van der Waals surface area contributed by atoms with Gasteiger partial charge in [-0.1, -0.05) is 0 Å². The van der Waals surface area contributed by atoms with Crippen LogP contribution in [-0.2, 0) is 4.79 Å². The van der Waals surface area contributed by atoms with E-state index in [9.17, 15) is 4.79 Å². The topological polar surface area (TPSA) is 64.0 Å². The average molecular weight is 216 g/mol. The zero-order valence-corrected chi connectivity index (χ0v) is 9.22. The predicted octanol–water partition coefficient (Wildman–Crippen LogP) is -1.11. The monoisotopic (exact) mass is 216 g/mol. The number of hydrogen-bond donors (Lipinski definition) is 2. The van der Waals surface area contributed by atoms with Gasteiger partial charge < -0.3 is 15.1 Å².